The smallest absolute Gasteiger partial charge is 0.129 e. The lowest BCUT2D eigenvalue weighted by Crippen LogP contribution is -2.27. The third-order valence-electron chi connectivity index (χ3n) is 5.08. The lowest BCUT2D eigenvalue weighted by atomic mass is 9.82. The molecule has 0 unspecified atom stereocenters. The Kier molecular flexibility index (Phi) is 4.62. The zero-order chi connectivity index (χ0) is 15.7. The highest BCUT2D eigenvalue weighted by Gasteiger charge is 2.35. The van der Waals surface area contributed by atoms with Gasteiger partial charge in [-0.3, -0.25) is 0 Å². The highest BCUT2D eigenvalue weighted by atomic mass is 16.3. The molecular weight excluding hydrogens is 260 g/mol. The number of nitrogens with zero attached hydrogens (tertiary/aromatic N) is 2. The van der Waals surface area contributed by atoms with Gasteiger partial charge in [0.15, 0.2) is 0 Å². The molecule has 1 aromatic rings. The number of pyridine rings is 1. The predicted octanol–water partition coefficient (Wildman–Crippen LogP) is 3.89. The predicted molar refractivity (Wildman–Crippen MR) is 88.7 cm³/mol. The summed E-state index contributed by atoms with van der Waals surface area (Å²) in [6.45, 7) is 13.4. The van der Waals surface area contributed by atoms with Gasteiger partial charge in [-0.25, -0.2) is 4.98 Å². The van der Waals surface area contributed by atoms with Crippen LogP contribution in [0.5, 0.6) is 0 Å². The second kappa shape index (κ2) is 5.96. The molecule has 21 heavy (non-hydrogen) atoms. The van der Waals surface area contributed by atoms with Gasteiger partial charge in [-0.05, 0) is 42.4 Å². The number of aromatic nitrogens is 1. The van der Waals surface area contributed by atoms with Crippen LogP contribution in [0.25, 0.3) is 0 Å². The number of hydrogen-bond acceptors (Lipinski definition) is 3. The average molecular weight is 290 g/mol. The third kappa shape index (κ3) is 3.39. The molecule has 1 N–H and O–H groups in total. The van der Waals surface area contributed by atoms with Crippen LogP contribution >= 0.6 is 0 Å². The van der Waals surface area contributed by atoms with E-state index in [4.69, 9.17) is 4.98 Å². The summed E-state index contributed by atoms with van der Waals surface area (Å²) in [5.41, 5.74) is 2.48. The molecule has 1 aliphatic heterocycles. The van der Waals surface area contributed by atoms with Crippen molar-refractivity contribution in [2.75, 3.05) is 18.0 Å². The van der Waals surface area contributed by atoms with Gasteiger partial charge < -0.3 is 10.0 Å². The monoisotopic (exact) mass is 290 g/mol. The van der Waals surface area contributed by atoms with E-state index < -0.39 is 0 Å². The van der Waals surface area contributed by atoms with E-state index in [-0.39, 0.29) is 12.0 Å². The Bertz CT molecular complexity index is 486. The van der Waals surface area contributed by atoms with Gasteiger partial charge in [0.05, 0.1) is 6.61 Å². The first-order valence-electron chi connectivity index (χ1n) is 8.21. The minimum absolute atomic E-state index is 0.00621. The van der Waals surface area contributed by atoms with Crippen LogP contribution in [-0.4, -0.2) is 23.2 Å². The summed E-state index contributed by atoms with van der Waals surface area (Å²) in [4.78, 5) is 7.29. The fraction of sp³-hybridized carbons (Fsp3) is 0.722. The summed E-state index contributed by atoms with van der Waals surface area (Å²) < 4.78 is 0. The molecular formula is C18H30N2O. The molecule has 3 heteroatoms. The summed E-state index contributed by atoms with van der Waals surface area (Å²) in [7, 11) is 0. The topological polar surface area (TPSA) is 36.4 Å². The standard InChI is InChI=1S/C18H30N2O/c1-6-18(7-2)8-9-20(13-18)16-11-14(12-21)10-15(19-16)17(3,4)5/h10-11,21H,6-9,12-13H2,1-5H3. The normalized spacial score (nSPS) is 18.3. The van der Waals surface area contributed by atoms with Crippen molar-refractivity contribution in [1.29, 1.82) is 0 Å². The molecule has 1 saturated heterocycles. The first-order valence-corrected chi connectivity index (χ1v) is 8.21. The van der Waals surface area contributed by atoms with Crippen LogP contribution in [0.4, 0.5) is 5.82 Å². The second-order valence-electron chi connectivity index (χ2n) is 7.51. The van der Waals surface area contributed by atoms with Crippen LogP contribution < -0.4 is 4.90 Å². The van der Waals surface area contributed by atoms with E-state index in [1.54, 1.807) is 0 Å². The quantitative estimate of drug-likeness (QED) is 0.914. The van der Waals surface area contributed by atoms with Crippen molar-refractivity contribution in [2.45, 2.75) is 65.9 Å². The van der Waals surface area contributed by atoms with E-state index in [1.807, 2.05) is 6.07 Å². The molecule has 0 aromatic carbocycles. The maximum Gasteiger partial charge on any atom is 0.129 e. The van der Waals surface area contributed by atoms with Gasteiger partial charge in [0, 0.05) is 24.2 Å². The van der Waals surface area contributed by atoms with E-state index in [0.717, 1.165) is 30.2 Å². The van der Waals surface area contributed by atoms with Gasteiger partial charge in [0.25, 0.3) is 0 Å². The number of anilines is 1. The molecule has 2 heterocycles. The maximum absolute atomic E-state index is 9.54. The van der Waals surface area contributed by atoms with Crippen molar-refractivity contribution in [3.8, 4) is 0 Å². The van der Waals surface area contributed by atoms with Crippen LogP contribution in [0.3, 0.4) is 0 Å². The van der Waals surface area contributed by atoms with Crippen molar-refractivity contribution in [1.82, 2.24) is 4.98 Å². The molecule has 1 aromatic heterocycles. The Hall–Kier alpha value is -1.09. The minimum Gasteiger partial charge on any atom is -0.392 e. The number of hydrogen-bond donors (Lipinski definition) is 1. The Morgan fingerprint density at radius 3 is 2.38 bits per heavy atom. The largest absolute Gasteiger partial charge is 0.392 e. The number of rotatable bonds is 4. The van der Waals surface area contributed by atoms with E-state index in [1.165, 1.54) is 19.3 Å². The van der Waals surface area contributed by atoms with Crippen molar-refractivity contribution < 1.29 is 5.11 Å². The van der Waals surface area contributed by atoms with E-state index >= 15 is 0 Å². The first kappa shape index (κ1) is 16.3. The number of aliphatic hydroxyl groups is 1. The van der Waals surface area contributed by atoms with Crippen molar-refractivity contribution >= 4 is 5.82 Å². The van der Waals surface area contributed by atoms with Crippen molar-refractivity contribution in [2.24, 2.45) is 5.41 Å². The lowest BCUT2D eigenvalue weighted by Gasteiger charge is -2.28. The van der Waals surface area contributed by atoms with Crippen LogP contribution in [-0.2, 0) is 12.0 Å². The third-order valence-corrected chi connectivity index (χ3v) is 5.08. The van der Waals surface area contributed by atoms with Crippen LogP contribution in [0.1, 0.15) is 65.1 Å². The van der Waals surface area contributed by atoms with E-state index in [2.05, 4.69) is 45.6 Å². The summed E-state index contributed by atoms with van der Waals surface area (Å²) in [6.07, 6.45) is 3.70. The Labute approximate surface area is 129 Å². The van der Waals surface area contributed by atoms with Gasteiger partial charge in [0.2, 0.25) is 0 Å². The summed E-state index contributed by atoms with van der Waals surface area (Å²) in [5, 5.41) is 9.54. The minimum atomic E-state index is 0.00621. The van der Waals surface area contributed by atoms with Gasteiger partial charge in [0.1, 0.15) is 5.82 Å². The van der Waals surface area contributed by atoms with Gasteiger partial charge in [-0.15, -0.1) is 0 Å². The molecule has 1 fully saturated rings. The molecule has 0 bridgehead atoms. The van der Waals surface area contributed by atoms with Crippen LogP contribution in [0.15, 0.2) is 12.1 Å². The first-order chi connectivity index (χ1) is 9.83. The molecule has 0 atom stereocenters. The highest BCUT2D eigenvalue weighted by molar-refractivity contribution is 5.45. The van der Waals surface area contributed by atoms with Gasteiger partial charge in [-0.1, -0.05) is 34.6 Å². The Morgan fingerprint density at radius 1 is 1.24 bits per heavy atom. The van der Waals surface area contributed by atoms with E-state index in [9.17, 15) is 5.11 Å². The Morgan fingerprint density at radius 2 is 1.90 bits per heavy atom. The second-order valence-corrected chi connectivity index (χ2v) is 7.51. The zero-order valence-electron chi connectivity index (χ0n) is 14.2. The lowest BCUT2D eigenvalue weighted by molar-refractivity contribution is 0.281. The summed E-state index contributed by atoms with van der Waals surface area (Å²) in [6, 6.07) is 4.09. The van der Waals surface area contributed by atoms with Gasteiger partial charge >= 0.3 is 0 Å². The fourth-order valence-corrected chi connectivity index (χ4v) is 3.17. The molecule has 118 valence electrons. The molecule has 0 aliphatic carbocycles. The molecule has 2 rings (SSSR count). The fourth-order valence-electron chi connectivity index (χ4n) is 3.17. The SMILES string of the molecule is CCC1(CC)CCN(c2cc(CO)cc(C(C)(C)C)n2)C1. The van der Waals surface area contributed by atoms with Crippen molar-refractivity contribution in [3.05, 3.63) is 23.4 Å². The van der Waals surface area contributed by atoms with E-state index in [0.29, 0.717) is 5.41 Å². The van der Waals surface area contributed by atoms with Crippen molar-refractivity contribution in [3.63, 3.8) is 0 Å². The average Bonchev–Trinajstić information content (AvgIpc) is 2.91. The van der Waals surface area contributed by atoms with Crippen LogP contribution in [0, 0.1) is 5.41 Å². The molecule has 0 amide bonds. The summed E-state index contributed by atoms with van der Waals surface area (Å²) in [5.74, 6) is 1.04. The number of aliphatic hydroxyl groups excluding tert-OH is 1. The molecule has 0 saturated carbocycles. The Balaban J connectivity index is 2.32. The highest BCUT2D eigenvalue weighted by Crippen LogP contribution is 2.39. The molecule has 0 spiro atoms. The summed E-state index contributed by atoms with van der Waals surface area (Å²) >= 11 is 0. The maximum atomic E-state index is 9.54. The molecule has 1 aliphatic rings. The zero-order valence-corrected chi connectivity index (χ0v) is 14.2. The molecule has 0 radical (unpaired) electrons. The van der Waals surface area contributed by atoms with Gasteiger partial charge in [-0.2, -0.15) is 0 Å². The molecule has 3 nitrogen and oxygen atoms in total. The van der Waals surface area contributed by atoms with Crippen LogP contribution in [0.2, 0.25) is 0 Å².